The number of carbonyl (C=O) groups is 1. The summed E-state index contributed by atoms with van der Waals surface area (Å²) in [5.41, 5.74) is 0.730. The Labute approximate surface area is 74.4 Å². The van der Waals surface area contributed by atoms with E-state index in [9.17, 15) is 4.79 Å². The second-order valence-corrected chi connectivity index (χ2v) is 2.83. The van der Waals surface area contributed by atoms with Crippen LogP contribution in [0.4, 0.5) is 0 Å². The minimum atomic E-state index is 0.0939. The molecule has 0 radical (unpaired) electrons. The van der Waals surface area contributed by atoms with Crippen LogP contribution in [0.5, 0.6) is 0 Å². The molecule has 0 atom stereocenters. The number of ketones is 1. The topological polar surface area (TPSA) is 60.2 Å². The second-order valence-electron chi connectivity index (χ2n) is 2.83. The fraction of sp³-hybridized carbons (Fsp3) is 0.250. The van der Waals surface area contributed by atoms with Crippen LogP contribution < -0.4 is 0 Å². The first-order valence-electron chi connectivity index (χ1n) is 3.90. The van der Waals surface area contributed by atoms with Gasteiger partial charge in [-0.2, -0.15) is 5.10 Å². The van der Waals surface area contributed by atoms with Crippen molar-refractivity contribution in [2.45, 2.75) is 13.3 Å². The number of fused-ring (bicyclic) bond motifs is 1. The maximum absolute atomic E-state index is 10.8. The minimum Gasteiger partial charge on any atom is -0.300 e. The third-order valence-electron chi connectivity index (χ3n) is 1.63. The van der Waals surface area contributed by atoms with E-state index in [4.69, 9.17) is 0 Å². The average Bonchev–Trinajstić information content (AvgIpc) is 2.44. The summed E-state index contributed by atoms with van der Waals surface area (Å²) in [6.45, 7) is 1.54. The molecule has 2 aromatic rings. The molecule has 0 aliphatic rings. The molecule has 0 aromatic carbocycles. The van der Waals surface area contributed by atoms with E-state index in [0.717, 1.165) is 5.69 Å². The Bertz CT molecular complexity index is 415. The molecule has 0 bridgehead atoms. The number of carbonyl (C=O) groups excluding carboxylic acids is 1. The highest BCUT2D eigenvalue weighted by atomic mass is 16.1. The van der Waals surface area contributed by atoms with Crippen molar-refractivity contribution >= 4 is 11.6 Å². The summed E-state index contributed by atoms with van der Waals surface area (Å²) in [5, 5.41) is 7.49. The van der Waals surface area contributed by atoms with Crippen molar-refractivity contribution in [3.8, 4) is 0 Å². The van der Waals surface area contributed by atoms with Gasteiger partial charge in [0, 0.05) is 12.4 Å². The minimum absolute atomic E-state index is 0.0939. The summed E-state index contributed by atoms with van der Waals surface area (Å²) in [6, 6.07) is 0. The second kappa shape index (κ2) is 2.93. The van der Waals surface area contributed by atoms with E-state index in [2.05, 4.69) is 15.2 Å². The molecule has 5 nitrogen and oxygen atoms in total. The molecule has 5 heteroatoms. The van der Waals surface area contributed by atoms with Gasteiger partial charge in [-0.15, -0.1) is 5.10 Å². The molecule has 0 unspecified atom stereocenters. The summed E-state index contributed by atoms with van der Waals surface area (Å²) in [5.74, 6) is 0.620. The number of nitrogens with zero attached hydrogens (tertiary/aromatic N) is 4. The van der Waals surface area contributed by atoms with E-state index in [0.29, 0.717) is 12.2 Å². The van der Waals surface area contributed by atoms with Crippen molar-refractivity contribution in [1.29, 1.82) is 0 Å². The highest BCUT2D eigenvalue weighted by Crippen LogP contribution is 2.01. The van der Waals surface area contributed by atoms with Gasteiger partial charge in [0.25, 0.3) is 5.78 Å². The Morgan fingerprint density at radius 3 is 3.15 bits per heavy atom. The molecule has 0 aliphatic heterocycles. The molecule has 0 amide bonds. The van der Waals surface area contributed by atoms with Gasteiger partial charge in [-0.1, -0.05) is 0 Å². The Morgan fingerprint density at radius 1 is 1.62 bits per heavy atom. The predicted molar refractivity (Wildman–Crippen MR) is 45.2 cm³/mol. The van der Waals surface area contributed by atoms with Crippen molar-refractivity contribution in [2.24, 2.45) is 0 Å². The van der Waals surface area contributed by atoms with Gasteiger partial charge in [-0.25, -0.2) is 4.98 Å². The standard InChI is InChI=1S/C8H8N4O/c1-6(13)4-7-5-12-3-2-9-11-8(12)10-7/h2-3,5H,4H2,1H3. The monoisotopic (exact) mass is 176 g/mol. The summed E-state index contributed by atoms with van der Waals surface area (Å²) < 4.78 is 1.74. The zero-order chi connectivity index (χ0) is 9.26. The molecule has 0 spiro atoms. The van der Waals surface area contributed by atoms with Crippen molar-refractivity contribution < 1.29 is 4.79 Å². The molecular formula is C8H8N4O. The van der Waals surface area contributed by atoms with Crippen molar-refractivity contribution in [3.05, 3.63) is 24.3 Å². The smallest absolute Gasteiger partial charge is 0.253 e. The number of aromatic nitrogens is 4. The van der Waals surface area contributed by atoms with Crippen LogP contribution in [0.2, 0.25) is 0 Å². The largest absolute Gasteiger partial charge is 0.300 e. The Balaban J connectivity index is 2.44. The molecule has 2 aromatic heterocycles. The van der Waals surface area contributed by atoms with Crippen LogP contribution in [0.15, 0.2) is 18.6 Å². The van der Waals surface area contributed by atoms with E-state index < -0.39 is 0 Å². The van der Waals surface area contributed by atoms with Gasteiger partial charge in [0.15, 0.2) is 0 Å². The quantitative estimate of drug-likeness (QED) is 0.658. The zero-order valence-electron chi connectivity index (χ0n) is 7.14. The molecule has 0 fully saturated rings. The normalized spacial score (nSPS) is 10.5. The maximum Gasteiger partial charge on any atom is 0.253 e. The third-order valence-corrected chi connectivity index (χ3v) is 1.63. The number of rotatable bonds is 2. The molecule has 0 saturated heterocycles. The third kappa shape index (κ3) is 1.53. The Hall–Kier alpha value is -1.78. The van der Waals surface area contributed by atoms with Crippen LogP contribution in [0, 0.1) is 0 Å². The molecule has 2 heterocycles. The SMILES string of the molecule is CC(=O)Cc1cn2ccnnc2n1. The van der Waals surface area contributed by atoms with Crippen molar-refractivity contribution in [2.75, 3.05) is 0 Å². The van der Waals surface area contributed by atoms with Gasteiger partial charge in [-0.3, -0.25) is 9.20 Å². The van der Waals surface area contributed by atoms with Crippen molar-refractivity contribution in [3.63, 3.8) is 0 Å². The summed E-state index contributed by atoms with van der Waals surface area (Å²) in [6.07, 6.45) is 5.46. The Morgan fingerprint density at radius 2 is 2.46 bits per heavy atom. The molecule has 13 heavy (non-hydrogen) atoms. The van der Waals surface area contributed by atoms with Gasteiger partial charge in [0.2, 0.25) is 0 Å². The van der Waals surface area contributed by atoms with Gasteiger partial charge in [0.1, 0.15) is 5.78 Å². The summed E-state index contributed by atoms with van der Waals surface area (Å²) >= 11 is 0. The molecule has 0 N–H and O–H groups in total. The highest BCUT2D eigenvalue weighted by Gasteiger charge is 2.03. The maximum atomic E-state index is 10.8. The molecule has 0 saturated carbocycles. The van der Waals surface area contributed by atoms with Crippen molar-refractivity contribution in [1.82, 2.24) is 19.6 Å². The molecular weight excluding hydrogens is 168 g/mol. The van der Waals surface area contributed by atoms with Crippen LogP contribution in [-0.4, -0.2) is 25.4 Å². The number of hydrogen-bond acceptors (Lipinski definition) is 4. The van der Waals surface area contributed by atoms with Gasteiger partial charge < -0.3 is 0 Å². The van der Waals surface area contributed by atoms with Crippen LogP contribution in [0.25, 0.3) is 5.78 Å². The number of imidazole rings is 1. The fourth-order valence-electron chi connectivity index (χ4n) is 1.14. The molecule has 66 valence electrons. The Kier molecular flexibility index (Phi) is 1.77. The van der Waals surface area contributed by atoms with E-state index in [1.54, 1.807) is 23.0 Å². The first-order chi connectivity index (χ1) is 6.25. The van der Waals surface area contributed by atoms with E-state index >= 15 is 0 Å². The van der Waals surface area contributed by atoms with Gasteiger partial charge in [-0.05, 0) is 6.92 Å². The summed E-state index contributed by atoms with van der Waals surface area (Å²) in [4.78, 5) is 14.9. The average molecular weight is 176 g/mol. The van der Waals surface area contributed by atoms with Crippen LogP contribution in [0.3, 0.4) is 0 Å². The first-order valence-corrected chi connectivity index (χ1v) is 3.90. The van der Waals surface area contributed by atoms with Gasteiger partial charge in [0.05, 0.1) is 18.3 Å². The van der Waals surface area contributed by atoms with Crippen LogP contribution >= 0.6 is 0 Å². The lowest BCUT2D eigenvalue weighted by Crippen LogP contribution is -1.95. The van der Waals surface area contributed by atoms with Crippen LogP contribution in [-0.2, 0) is 11.2 Å². The predicted octanol–water partition coefficient (Wildman–Crippen LogP) is 0.256. The number of hydrogen-bond donors (Lipinski definition) is 0. The zero-order valence-corrected chi connectivity index (χ0v) is 7.14. The lowest BCUT2D eigenvalue weighted by Gasteiger charge is -1.85. The number of Topliss-reactive ketones (excluding diaryl/α,β-unsaturated/α-hetero) is 1. The van der Waals surface area contributed by atoms with E-state index in [1.165, 1.54) is 6.92 Å². The summed E-state index contributed by atoms with van der Waals surface area (Å²) in [7, 11) is 0. The van der Waals surface area contributed by atoms with Crippen LogP contribution in [0.1, 0.15) is 12.6 Å². The van der Waals surface area contributed by atoms with Gasteiger partial charge >= 0.3 is 0 Å². The highest BCUT2D eigenvalue weighted by molar-refractivity contribution is 5.77. The lowest BCUT2D eigenvalue weighted by molar-refractivity contribution is -0.116. The molecule has 2 rings (SSSR count). The lowest BCUT2D eigenvalue weighted by atomic mass is 10.2. The first kappa shape index (κ1) is 7.85. The van der Waals surface area contributed by atoms with E-state index in [1.807, 2.05) is 0 Å². The van der Waals surface area contributed by atoms with E-state index in [-0.39, 0.29) is 5.78 Å². The fourth-order valence-corrected chi connectivity index (χ4v) is 1.14. The molecule has 0 aliphatic carbocycles.